The average molecular weight is 400 g/mol. The molecule has 2 atom stereocenters. The highest BCUT2D eigenvalue weighted by atomic mass is 32.2. The molecule has 2 unspecified atom stereocenters. The highest BCUT2D eigenvalue weighted by Crippen LogP contribution is 2.35. The van der Waals surface area contributed by atoms with Crippen LogP contribution in [0.25, 0.3) is 11.1 Å². The van der Waals surface area contributed by atoms with E-state index in [0.29, 0.717) is 6.42 Å². The number of carbonyl (C=O) groups is 1. The molecule has 146 valence electrons. The SMILES string of the molecule is CC(CC(C(=O)O)c1ncco1)c1ccccc1-c1ccc(S(N)(=O)=O)cc1. The number of benzene rings is 2. The number of aromatic nitrogens is 1. The van der Waals surface area contributed by atoms with E-state index in [2.05, 4.69) is 4.98 Å². The van der Waals surface area contributed by atoms with Crippen molar-refractivity contribution in [2.24, 2.45) is 5.14 Å². The number of hydrogen-bond acceptors (Lipinski definition) is 5. The van der Waals surface area contributed by atoms with E-state index in [0.717, 1.165) is 16.7 Å². The minimum atomic E-state index is -3.76. The Hall–Kier alpha value is -2.97. The van der Waals surface area contributed by atoms with Gasteiger partial charge in [0.1, 0.15) is 12.2 Å². The minimum absolute atomic E-state index is 0.0385. The molecule has 2 aromatic carbocycles. The van der Waals surface area contributed by atoms with Crippen molar-refractivity contribution < 1.29 is 22.7 Å². The Bertz CT molecular complexity index is 1060. The largest absolute Gasteiger partial charge is 0.481 e. The molecule has 0 amide bonds. The van der Waals surface area contributed by atoms with Crippen molar-refractivity contribution in [1.82, 2.24) is 4.98 Å². The van der Waals surface area contributed by atoms with Gasteiger partial charge in [-0.05, 0) is 41.2 Å². The summed E-state index contributed by atoms with van der Waals surface area (Å²) >= 11 is 0. The van der Waals surface area contributed by atoms with E-state index in [1.54, 1.807) is 12.1 Å². The van der Waals surface area contributed by atoms with Crippen molar-refractivity contribution in [3.8, 4) is 11.1 Å². The van der Waals surface area contributed by atoms with Crippen molar-refractivity contribution >= 4 is 16.0 Å². The normalized spacial score (nSPS) is 13.8. The van der Waals surface area contributed by atoms with Crippen LogP contribution in [0.1, 0.15) is 36.6 Å². The molecular formula is C20H20N2O5S. The lowest BCUT2D eigenvalue weighted by Crippen LogP contribution is -2.15. The molecule has 28 heavy (non-hydrogen) atoms. The Morgan fingerprint density at radius 2 is 1.86 bits per heavy atom. The van der Waals surface area contributed by atoms with Crippen LogP contribution in [-0.4, -0.2) is 24.5 Å². The van der Waals surface area contributed by atoms with Gasteiger partial charge in [0.2, 0.25) is 15.9 Å². The van der Waals surface area contributed by atoms with Gasteiger partial charge in [-0.2, -0.15) is 0 Å². The third kappa shape index (κ3) is 4.29. The van der Waals surface area contributed by atoms with Gasteiger partial charge in [-0.15, -0.1) is 0 Å². The van der Waals surface area contributed by atoms with E-state index in [9.17, 15) is 18.3 Å². The van der Waals surface area contributed by atoms with Crippen LogP contribution >= 0.6 is 0 Å². The van der Waals surface area contributed by atoms with Gasteiger partial charge < -0.3 is 9.52 Å². The van der Waals surface area contributed by atoms with Crippen LogP contribution in [-0.2, 0) is 14.8 Å². The molecule has 3 aromatic rings. The Labute approximate surface area is 162 Å². The van der Waals surface area contributed by atoms with Gasteiger partial charge in [-0.3, -0.25) is 4.79 Å². The van der Waals surface area contributed by atoms with E-state index in [4.69, 9.17) is 9.56 Å². The zero-order valence-electron chi connectivity index (χ0n) is 15.1. The summed E-state index contributed by atoms with van der Waals surface area (Å²) in [7, 11) is -3.76. The van der Waals surface area contributed by atoms with Gasteiger partial charge in [-0.1, -0.05) is 43.3 Å². The molecule has 0 saturated carbocycles. The van der Waals surface area contributed by atoms with E-state index >= 15 is 0 Å². The van der Waals surface area contributed by atoms with Crippen LogP contribution in [0.4, 0.5) is 0 Å². The minimum Gasteiger partial charge on any atom is -0.481 e. The van der Waals surface area contributed by atoms with Crippen LogP contribution in [0.15, 0.2) is 70.3 Å². The first-order valence-electron chi connectivity index (χ1n) is 8.61. The fourth-order valence-corrected chi connectivity index (χ4v) is 3.72. The maximum atomic E-state index is 11.7. The summed E-state index contributed by atoms with van der Waals surface area (Å²) in [5.41, 5.74) is 2.66. The van der Waals surface area contributed by atoms with E-state index in [1.165, 1.54) is 24.6 Å². The fourth-order valence-electron chi connectivity index (χ4n) is 3.21. The van der Waals surface area contributed by atoms with Crippen LogP contribution in [0.5, 0.6) is 0 Å². The predicted octanol–water partition coefficient (Wildman–Crippen LogP) is 3.35. The molecule has 0 spiro atoms. The topological polar surface area (TPSA) is 123 Å². The summed E-state index contributed by atoms with van der Waals surface area (Å²) in [4.78, 5) is 15.7. The van der Waals surface area contributed by atoms with Gasteiger partial charge in [-0.25, -0.2) is 18.5 Å². The van der Waals surface area contributed by atoms with E-state index < -0.39 is 21.9 Å². The summed E-state index contributed by atoms with van der Waals surface area (Å²) in [6, 6.07) is 13.9. The summed E-state index contributed by atoms with van der Waals surface area (Å²) in [5.74, 6) is -1.79. The number of carboxylic acids is 1. The zero-order chi connectivity index (χ0) is 20.3. The van der Waals surface area contributed by atoms with Gasteiger partial charge in [0.25, 0.3) is 0 Å². The molecule has 0 fully saturated rings. The Balaban J connectivity index is 1.92. The van der Waals surface area contributed by atoms with Crippen molar-refractivity contribution in [1.29, 1.82) is 0 Å². The molecular weight excluding hydrogens is 380 g/mol. The molecule has 0 aliphatic carbocycles. The van der Waals surface area contributed by atoms with Crippen LogP contribution < -0.4 is 5.14 Å². The molecule has 1 aromatic heterocycles. The molecule has 0 bridgehead atoms. The molecule has 3 rings (SSSR count). The number of hydrogen-bond donors (Lipinski definition) is 2. The number of primary sulfonamides is 1. The van der Waals surface area contributed by atoms with Gasteiger partial charge in [0, 0.05) is 0 Å². The first-order valence-corrected chi connectivity index (χ1v) is 10.2. The first kappa shape index (κ1) is 19.8. The number of sulfonamides is 1. The summed E-state index contributed by atoms with van der Waals surface area (Å²) in [6.45, 7) is 1.94. The lowest BCUT2D eigenvalue weighted by molar-refractivity contribution is -0.139. The quantitative estimate of drug-likeness (QED) is 0.627. The number of oxazole rings is 1. The Morgan fingerprint density at radius 3 is 2.43 bits per heavy atom. The Morgan fingerprint density at radius 1 is 1.18 bits per heavy atom. The second-order valence-electron chi connectivity index (χ2n) is 6.55. The van der Waals surface area contributed by atoms with Crippen molar-refractivity contribution in [2.45, 2.75) is 30.1 Å². The fraction of sp³-hybridized carbons (Fsp3) is 0.200. The van der Waals surface area contributed by atoms with Crippen LogP contribution in [0.3, 0.4) is 0 Å². The maximum absolute atomic E-state index is 11.7. The smallest absolute Gasteiger partial charge is 0.315 e. The summed E-state index contributed by atoms with van der Waals surface area (Å²) < 4.78 is 28.1. The highest BCUT2D eigenvalue weighted by molar-refractivity contribution is 7.89. The highest BCUT2D eigenvalue weighted by Gasteiger charge is 2.28. The lowest BCUT2D eigenvalue weighted by Gasteiger charge is -2.19. The van der Waals surface area contributed by atoms with Gasteiger partial charge >= 0.3 is 5.97 Å². The number of nitrogens with two attached hydrogens (primary N) is 1. The third-order valence-electron chi connectivity index (χ3n) is 4.62. The number of aliphatic carboxylic acids is 1. The molecule has 3 N–H and O–H groups in total. The molecule has 1 heterocycles. The zero-order valence-corrected chi connectivity index (χ0v) is 16.0. The van der Waals surface area contributed by atoms with Gasteiger partial charge in [0.15, 0.2) is 0 Å². The monoisotopic (exact) mass is 400 g/mol. The molecule has 7 nitrogen and oxygen atoms in total. The molecule has 0 aliphatic heterocycles. The predicted molar refractivity (Wildman–Crippen MR) is 103 cm³/mol. The first-order chi connectivity index (χ1) is 13.3. The summed E-state index contributed by atoms with van der Waals surface area (Å²) in [5, 5.41) is 14.7. The second-order valence-corrected chi connectivity index (χ2v) is 8.12. The average Bonchev–Trinajstić information content (AvgIpc) is 3.19. The molecule has 8 heteroatoms. The maximum Gasteiger partial charge on any atom is 0.315 e. The van der Waals surface area contributed by atoms with Crippen LogP contribution in [0, 0.1) is 0 Å². The second kappa shape index (κ2) is 7.95. The van der Waals surface area contributed by atoms with E-state index in [1.807, 2.05) is 31.2 Å². The number of carboxylic acid groups (broad SMARTS) is 1. The van der Waals surface area contributed by atoms with Crippen LogP contribution in [0.2, 0.25) is 0 Å². The molecule has 0 saturated heterocycles. The number of nitrogens with zero attached hydrogens (tertiary/aromatic N) is 1. The standard InChI is InChI=1S/C20H20N2O5S/c1-13(12-18(20(23)24)19-22-10-11-27-19)16-4-2-3-5-17(16)14-6-8-15(9-7-14)28(21,25)26/h2-11,13,18H,12H2,1H3,(H,23,24)(H2,21,25,26). The van der Waals surface area contributed by atoms with E-state index in [-0.39, 0.29) is 16.7 Å². The van der Waals surface area contributed by atoms with Gasteiger partial charge in [0.05, 0.1) is 11.1 Å². The third-order valence-corrected chi connectivity index (χ3v) is 5.55. The van der Waals surface area contributed by atoms with Crippen molar-refractivity contribution in [3.05, 3.63) is 72.4 Å². The molecule has 0 radical (unpaired) electrons. The molecule has 0 aliphatic rings. The lowest BCUT2D eigenvalue weighted by atomic mass is 9.85. The van der Waals surface area contributed by atoms with Crippen molar-refractivity contribution in [3.63, 3.8) is 0 Å². The Kier molecular flexibility index (Phi) is 5.62. The number of rotatable bonds is 7. The van der Waals surface area contributed by atoms with Crippen molar-refractivity contribution in [2.75, 3.05) is 0 Å². The summed E-state index contributed by atoms with van der Waals surface area (Å²) in [6.07, 6.45) is 3.09.